The van der Waals surface area contributed by atoms with Gasteiger partial charge in [-0.1, -0.05) is 32.0 Å². The van der Waals surface area contributed by atoms with Crippen LogP contribution in [0.25, 0.3) is 5.52 Å². The smallest absolute Gasteiger partial charge is 0.287 e. The molecule has 0 saturated carbocycles. The predicted molar refractivity (Wildman–Crippen MR) is 102 cm³/mol. The molecule has 0 radical (unpaired) electrons. The van der Waals surface area contributed by atoms with Crippen LogP contribution < -0.4 is 10.6 Å². The molecule has 0 atom stereocenters. The number of carbonyl (C=O) groups excluding carboxylic acids is 2. The SMILES string of the molecule is CCCNC(=O)c1nc(C(=O)Nc2ccc(CC)cc2)c2ccccn12. The van der Waals surface area contributed by atoms with Crippen LogP contribution in [0.15, 0.2) is 48.7 Å². The molecule has 2 N–H and O–H groups in total. The number of hydrogen-bond donors (Lipinski definition) is 2. The van der Waals surface area contributed by atoms with Crippen molar-refractivity contribution in [1.29, 1.82) is 0 Å². The van der Waals surface area contributed by atoms with Gasteiger partial charge in [-0.05, 0) is 42.7 Å². The Labute approximate surface area is 152 Å². The van der Waals surface area contributed by atoms with Gasteiger partial charge >= 0.3 is 0 Å². The first kappa shape index (κ1) is 17.7. The quantitative estimate of drug-likeness (QED) is 0.716. The fraction of sp³-hybridized carbons (Fsp3) is 0.250. The highest BCUT2D eigenvalue weighted by Gasteiger charge is 2.21. The lowest BCUT2D eigenvalue weighted by Crippen LogP contribution is -2.26. The summed E-state index contributed by atoms with van der Waals surface area (Å²) in [6.07, 6.45) is 3.50. The van der Waals surface area contributed by atoms with Gasteiger partial charge in [0.15, 0.2) is 5.69 Å². The fourth-order valence-corrected chi connectivity index (χ4v) is 2.70. The largest absolute Gasteiger partial charge is 0.349 e. The lowest BCUT2D eigenvalue weighted by Gasteiger charge is -2.04. The number of anilines is 1. The number of rotatable bonds is 6. The Morgan fingerprint density at radius 1 is 1.04 bits per heavy atom. The third-order valence-electron chi connectivity index (χ3n) is 4.12. The second kappa shape index (κ2) is 7.82. The molecule has 0 aliphatic heterocycles. The summed E-state index contributed by atoms with van der Waals surface area (Å²) in [6, 6.07) is 13.1. The number of aromatic nitrogens is 2. The van der Waals surface area contributed by atoms with Gasteiger partial charge < -0.3 is 10.6 Å². The molecular formula is C20H22N4O2. The van der Waals surface area contributed by atoms with Crippen molar-refractivity contribution in [2.75, 3.05) is 11.9 Å². The lowest BCUT2D eigenvalue weighted by atomic mass is 10.1. The number of nitrogens with one attached hydrogen (secondary N) is 2. The highest BCUT2D eigenvalue weighted by molar-refractivity contribution is 6.08. The number of aryl methyl sites for hydroxylation is 1. The molecule has 1 aromatic carbocycles. The molecule has 0 spiro atoms. The van der Waals surface area contributed by atoms with Gasteiger partial charge in [-0.25, -0.2) is 4.98 Å². The summed E-state index contributed by atoms with van der Waals surface area (Å²) in [5, 5.41) is 5.65. The number of hydrogen-bond acceptors (Lipinski definition) is 3. The molecule has 26 heavy (non-hydrogen) atoms. The Hall–Kier alpha value is -3.15. The Kier molecular flexibility index (Phi) is 5.31. The van der Waals surface area contributed by atoms with Crippen LogP contribution in [0.2, 0.25) is 0 Å². The topological polar surface area (TPSA) is 75.5 Å². The monoisotopic (exact) mass is 350 g/mol. The summed E-state index contributed by atoms with van der Waals surface area (Å²) in [6.45, 7) is 4.62. The summed E-state index contributed by atoms with van der Waals surface area (Å²) < 4.78 is 1.64. The minimum absolute atomic E-state index is 0.209. The van der Waals surface area contributed by atoms with Crippen molar-refractivity contribution in [1.82, 2.24) is 14.7 Å². The van der Waals surface area contributed by atoms with E-state index in [0.29, 0.717) is 17.7 Å². The Balaban J connectivity index is 1.91. The number of nitrogens with zero attached hydrogens (tertiary/aromatic N) is 2. The third-order valence-corrected chi connectivity index (χ3v) is 4.12. The van der Waals surface area contributed by atoms with E-state index in [1.165, 1.54) is 5.56 Å². The van der Waals surface area contributed by atoms with Gasteiger partial charge in [0.25, 0.3) is 11.8 Å². The first-order valence-corrected chi connectivity index (χ1v) is 8.79. The highest BCUT2D eigenvalue weighted by atomic mass is 16.2. The van der Waals surface area contributed by atoms with E-state index < -0.39 is 0 Å². The van der Waals surface area contributed by atoms with E-state index in [1.54, 1.807) is 22.7 Å². The molecule has 0 aliphatic carbocycles. The van der Waals surface area contributed by atoms with E-state index in [-0.39, 0.29) is 23.3 Å². The van der Waals surface area contributed by atoms with Crippen LogP contribution in [0.3, 0.4) is 0 Å². The van der Waals surface area contributed by atoms with Gasteiger partial charge in [-0.2, -0.15) is 0 Å². The van der Waals surface area contributed by atoms with E-state index >= 15 is 0 Å². The number of pyridine rings is 1. The standard InChI is InChI=1S/C20H22N4O2/c1-3-12-21-20(26)18-23-17(16-7-5-6-13-24(16)18)19(25)22-15-10-8-14(4-2)9-11-15/h5-11,13H,3-4,12H2,1-2H3,(H,21,26)(H,22,25). The first-order chi connectivity index (χ1) is 12.6. The van der Waals surface area contributed by atoms with Crippen LogP contribution in [-0.4, -0.2) is 27.7 Å². The average Bonchev–Trinajstić information content (AvgIpc) is 3.06. The van der Waals surface area contributed by atoms with Gasteiger partial charge in [0.05, 0.1) is 5.52 Å². The third kappa shape index (κ3) is 3.59. The number of benzene rings is 1. The number of carbonyl (C=O) groups is 2. The van der Waals surface area contributed by atoms with Crippen LogP contribution in [0.1, 0.15) is 46.9 Å². The summed E-state index contributed by atoms with van der Waals surface area (Å²) in [5.74, 6) is -0.424. The van der Waals surface area contributed by atoms with Crippen LogP contribution in [0, 0.1) is 0 Å². The molecule has 0 bridgehead atoms. The van der Waals surface area contributed by atoms with Crippen molar-refractivity contribution in [3.63, 3.8) is 0 Å². The van der Waals surface area contributed by atoms with Gasteiger partial charge in [0, 0.05) is 18.4 Å². The summed E-state index contributed by atoms with van der Waals surface area (Å²) in [5.41, 5.74) is 2.72. The molecule has 134 valence electrons. The highest BCUT2D eigenvalue weighted by Crippen LogP contribution is 2.16. The molecule has 3 rings (SSSR count). The van der Waals surface area contributed by atoms with E-state index in [9.17, 15) is 9.59 Å². The van der Waals surface area contributed by atoms with Gasteiger partial charge in [0.1, 0.15) is 0 Å². The zero-order valence-electron chi connectivity index (χ0n) is 15.0. The molecule has 2 heterocycles. The molecule has 0 aliphatic rings. The van der Waals surface area contributed by atoms with Crippen molar-refractivity contribution in [2.45, 2.75) is 26.7 Å². The van der Waals surface area contributed by atoms with Crippen molar-refractivity contribution in [3.8, 4) is 0 Å². The van der Waals surface area contributed by atoms with Crippen molar-refractivity contribution >= 4 is 23.0 Å². The minimum Gasteiger partial charge on any atom is -0.349 e. The van der Waals surface area contributed by atoms with Crippen LogP contribution >= 0.6 is 0 Å². The number of imidazole rings is 1. The molecule has 0 unspecified atom stereocenters. The molecule has 0 fully saturated rings. The molecule has 3 aromatic rings. The summed E-state index contributed by atoms with van der Waals surface area (Å²) in [7, 11) is 0. The first-order valence-electron chi connectivity index (χ1n) is 8.79. The lowest BCUT2D eigenvalue weighted by molar-refractivity contribution is 0.0942. The maximum absolute atomic E-state index is 12.7. The zero-order valence-corrected chi connectivity index (χ0v) is 15.0. The fourth-order valence-electron chi connectivity index (χ4n) is 2.70. The summed E-state index contributed by atoms with van der Waals surface area (Å²) >= 11 is 0. The molecule has 6 nitrogen and oxygen atoms in total. The van der Waals surface area contributed by atoms with Gasteiger partial charge in [-0.15, -0.1) is 0 Å². The minimum atomic E-state index is -0.340. The average molecular weight is 350 g/mol. The Bertz CT molecular complexity index is 929. The Morgan fingerprint density at radius 2 is 1.81 bits per heavy atom. The van der Waals surface area contributed by atoms with E-state index in [1.807, 2.05) is 37.3 Å². The van der Waals surface area contributed by atoms with E-state index in [2.05, 4.69) is 22.5 Å². The Morgan fingerprint density at radius 3 is 2.50 bits per heavy atom. The summed E-state index contributed by atoms with van der Waals surface area (Å²) in [4.78, 5) is 29.4. The van der Waals surface area contributed by atoms with E-state index in [0.717, 1.165) is 12.8 Å². The molecule has 0 saturated heterocycles. The molecule has 6 heteroatoms. The maximum Gasteiger partial charge on any atom is 0.287 e. The van der Waals surface area contributed by atoms with Gasteiger partial charge in [-0.3, -0.25) is 14.0 Å². The number of amides is 2. The number of fused-ring (bicyclic) bond motifs is 1. The van der Waals surface area contributed by atoms with Gasteiger partial charge in [0.2, 0.25) is 5.82 Å². The van der Waals surface area contributed by atoms with Crippen LogP contribution in [-0.2, 0) is 6.42 Å². The van der Waals surface area contributed by atoms with Crippen molar-refractivity contribution < 1.29 is 9.59 Å². The molecular weight excluding hydrogens is 328 g/mol. The maximum atomic E-state index is 12.7. The van der Waals surface area contributed by atoms with Crippen LogP contribution in [0.5, 0.6) is 0 Å². The molecule has 2 aromatic heterocycles. The van der Waals surface area contributed by atoms with Crippen LogP contribution in [0.4, 0.5) is 5.69 Å². The van der Waals surface area contributed by atoms with Crippen molar-refractivity contribution in [3.05, 3.63) is 65.7 Å². The van der Waals surface area contributed by atoms with Crippen molar-refractivity contribution in [2.24, 2.45) is 0 Å². The zero-order chi connectivity index (χ0) is 18.5. The molecule has 2 amide bonds. The van der Waals surface area contributed by atoms with E-state index in [4.69, 9.17) is 0 Å². The second-order valence-electron chi connectivity index (χ2n) is 6.00. The second-order valence-corrected chi connectivity index (χ2v) is 6.00. The predicted octanol–water partition coefficient (Wildman–Crippen LogP) is 3.29. The normalized spacial score (nSPS) is 10.7.